The van der Waals surface area contributed by atoms with Crippen molar-refractivity contribution in [2.45, 2.75) is 25.3 Å². The predicted octanol–water partition coefficient (Wildman–Crippen LogP) is 4.23. The third kappa shape index (κ3) is 3.84. The second kappa shape index (κ2) is 7.71. The van der Waals surface area contributed by atoms with Gasteiger partial charge in [0.05, 0.1) is 6.54 Å². The Bertz CT molecular complexity index is 926. The summed E-state index contributed by atoms with van der Waals surface area (Å²) in [6, 6.07) is 16.8. The lowest BCUT2D eigenvalue weighted by molar-refractivity contribution is 0.256. The summed E-state index contributed by atoms with van der Waals surface area (Å²) in [6.07, 6.45) is 4.60. The average Bonchev–Trinajstić information content (AvgIpc) is 3.10. The number of nitrogens with one attached hydrogen (secondary N) is 1. The summed E-state index contributed by atoms with van der Waals surface area (Å²) < 4.78 is 0. The summed E-state index contributed by atoms with van der Waals surface area (Å²) in [4.78, 5) is 7.86. The number of anilines is 1. The van der Waals surface area contributed by atoms with E-state index in [0.717, 1.165) is 18.8 Å². The standard InChI is InChI=1S/C22H26N4S/c1-25-11-9-17(10-12-25)20-14-24-21-8-7-18(13-19(20)21)26(22(23)27)15-16-5-3-2-4-6-16/h2-8,13-14,17,24H,9-12,15H2,1H3,(H2,23,27). The molecule has 0 bridgehead atoms. The highest BCUT2D eigenvalue weighted by Gasteiger charge is 2.21. The van der Waals surface area contributed by atoms with Crippen LogP contribution in [-0.2, 0) is 6.54 Å². The topological polar surface area (TPSA) is 48.3 Å². The Morgan fingerprint density at radius 2 is 1.93 bits per heavy atom. The normalized spacial score (nSPS) is 15.9. The maximum Gasteiger partial charge on any atom is 0.171 e. The summed E-state index contributed by atoms with van der Waals surface area (Å²) in [7, 11) is 2.20. The zero-order chi connectivity index (χ0) is 18.8. The number of rotatable bonds is 4. The van der Waals surface area contributed by atoms with Gasteiger partial charge in [0.25, 0.3) is 0 Å². The van der Waals surface area contributed by atoms with E-state index in [9.17, 15) is 0 Å². The first-order valence-electron chi connectivity index (χ1n) is 9.52. The predicted molar refractivity (Wildman–Crippen MR) is 117 cm³/mol. The van der Waals surface area contributed by atoms with Crippen LogP contribution >= 0.6 is 12.2 Å². The third-order valence-corrected chi connectivity index (χ3v) is 5.84. The van der Waals surface area contributed by atoms with E-state index in [1.807, 2.05) is 23.1 Å². The van der Waals surface area contributed by atoms with Gasteiger partial charge in [0.1, 0.15) is 0 Å². The Hall–Kier alpha value is -2.37. The molecule has 0 spiro atoms. The number of nitrogens with two attached hydrogens (primary N) is 1. The highest BCUT2D eigenvalue weighted by atomic mass is 32.1. The fourth-order valence-electron chi connectivity index (χ4n) is 4.02. The van der Waals surface area contributed by atoms with Crippen LogP contribution in [0.1, 0.15) is 29.9 Å². The van der Waals surface area contributed by atoms with Crippen molar-refractivity contribution >= 4 is 33.9 Å². The van der Waals surface area contributed by atoms with Gasteiger partial charge in [-0.15, -0.1) is 0 Å². The Balaban J connectivity index is 1.66. The van der Waals surface area contributed by atoms with Gasteiger partial charge in [0, 0.05) is 22.8 Å². The molecule has 0 saturated carbocycles. The van der Waals surface area contributed by atoms with Gasteiger partial charge >= 0.3 is 0 Å². The molecule has 3 aromatic rings. The number of hydrogen-bond donors (Lipinski definition) is 2. The minimum Gasteiger partial charge on any atom is -0.376 e. The first-order chi connectivity index (χ1) is 13.1. The molecule has 1 aliphatic rings. The molecule has 1 saturated heterocycles. The maximum atomic E-state index is 6.08. The van der Waals surface area contributed by atoms with Crippen LogP contribution in [0.4, 0.5) is 5.69 Å². The fourth-order valence-corrected chi connectivity index (χ4v) is 4.19. The van der Waals surface area contributed by atoms with Gasteiger partial charge in [0.15, 0.2) is 5.11 Å². The molecule has 2 heterocycles. The van der Waals surface area contributed by atoms with E-state index in [2.05, 4.69) is 53.5 Å². The van der Waals surface area contributed by atoms with Crippen molar-refractivity contribution < 1.29 is 0 Å². The van der Waals surface area contributed by atoms with Crippen LogP contribution in [0.5, 0.6) is 0 Å². The van der Waals surface area contributed by atoms with Crippen LogP contribution in [0.25, 0.3) is 10.9 Å². The van der Waals surface area contributed by atoms with E-state index in [4.69, 9.17) is 18.0 Å². The van der Waals surface area contributed by atoms with Gasteiger partial charge in [-0.2, -0.15) is 0 Å². The van der Waals surface area contributed by atoms with Crippen LogP contribution in [0.3, 0.4) is 0 Å². The molecule has 0 radical (unpaired) electrons. The highest BCUT2D eigenvalue weighted by Crippen LogP contribution is 2.34. The fraction of sp³-hybridized carbons (Fsp3) is 0.318. The Kier molecular flexibility index (Phi) is 5.14. The second-order valence-corrected chi connectivity index (χ2v) is 7.88. The third-order valence-electron chi connectivity index (χ3n) is 5.62. The molecule has 27 heavy (non-hydrogen) atoms. The summed E-state index contributed by atoms with van der Waals surface area (Å²) in [6.45, 7) is 2.99. The molecule has 1 aromatic heterocycles. The van der Waals surface area contributed by atoms with Crippen LogP contribution in [0.2, 0.25) is 0 Å². The number of H-pyrrole nitrogens is 1. The number of benzene rings is 2. The van der Waals surface area contributed by atoms with E-state index in [1.165, 1.54) is 34.9 Å². The van der Waals surface area contributed by atoms with E-state index in [0.29, 0.717) is 17.6 Å². The SMILES string of the molecule is CN1CCC(c2c[nH]c3ccc(N(Cc4ccccc4)C(N)=S)cc23)CC1. The van der Waals surface area contributed by atoms with Crippen molar-refractivity contribution in [2.24, 2.45) is 5.73 Å². The van der Waals surface area contributed by atoms with Gasteiger partial charge in [-0.25, -0.2) is 0 Å². The molecule has 140 valence electrons. The number of thiocarbonyl (C=S) groups is 1. The zero-order valence-electron chi connectivity index (χ0n) is 15.7. The smallest absolute Gasteiger partial charge is 0.171 e. The molecule has 3 N–H and O–H groups in total. The lowest BCUT2D eigenvalue weighted by Crippen LogP contribution is -2.34. The lowest BCUT2D eigenvalue weighted by Gasteiger charge is -2.29. The van der Waals surface area contributed by atoms with Crippen LogP contribution in [0.15, 0.2) is 54.7 Å². The summed E-state index contributed by atoms with van der Waals surface area (Å²) in [5, 5.41) is 1.69. The Morgan fingerprint density at radius 3 is 2.63 bits per heavy atom. The molecule has 4 rings (SSSR count). The molecule has 1 aliphatic heterocycles. The average molecular weight is 379 g/mol. The molecule has 1 fully saturated rings. The summed E-state index contributed by atoms with van der Waals surface area (Å²) in [5.74, 6) is 0.609. The molecule has 0 aliphatic carbocycles. The zero-order valence-corrected chi connectivity index (χ0v) is 16.5. The highest BCUT2D eigenvalue weighted by molar-refractivity contribution is 7.80. The van der Waals surface area contributed by atoms with Gasteiger partial charge in [0.2, 0.25) is 0 Å². The van der Waals surface area contributed by atoms with Gasteiger partial charge in [-0.1, -0.05) is 30.3 Å². The van der Waals surface area contributed by atoms with Crippen molar-refractivity contribution in [3.8, 4) is 0 Å². The van der Waals surface area contributed by atoms with E-state index in [1.54, 1.807) is 0 Å². The lowest BCUT2D eigenvalue weighted by atomic mass is 9.89. The number of aromatic nitrogens is 1. The minimum absolute atomic E-state index is 0.398. The number of nitrogens with zero attached hydrogens (tertiary/aromatic N) is 2. The van der Waals surface area contributed by atoms with Crippen molar-refractivity contribution in [3.05, 3.63) is 65.9 Å². The number of likely N-dealkylation sites (tertiary alicyclic amines) is 1. The first-order valence-corrected chi connectivity index (χ1v) is 9.93. The number of aromatic amines is 1. The van der Waals surface area contributed by atoms with Gasteiger partial charge in [-0.3, -0.25) is 0 Å². The largest absolute Gasteiger partial charge is 0.376 e. The number of piperidine rings is 1. The summed E-state index contributed by atoms with van der Waals surface area (Å²) >= 11 is 5.36. The second-order valence-electron chi connectivity index (χ2n) is 7.46. The molecule has 0 amide bonds. The quantitative estimate of drug-likeness (QED) is 0.667. The van der Waals surface area contributed by atoms with E-state index >= 15 is 0 Å². The van der Waals surface area contributed by atoms with Gasteiger partial charge in [-0.05, 0) is 80.4 Å². The number of fused-ring (bicyclic) bond motifs is 1. The monoisotopic (exact) mass is 378 g/mol. The molecule has 0 unspecified atom stereocenters. The van der Waals surface area contributed by atoms with Crippen molar-refractivity contribution in [1.29, 1.82) is 0 Å². The molecule has 0 atom stereocenters. The minimum atomic E-state index is 0.398. The molecule has 5 heteroatoms. The van der Waals surface area contributed by atoms with Crippen LogP contribution in [0, 0.1) is 0 Å². The van der Waals surface area contributed by atoms with Crippen LogP contribution < -0.4 is 10.6 Å². The first kappa shape index (κ1) is 18.0. The number of hydrogen-bond acceptors (Lipinski definition) is 2. The molecule has 2 aromatic carbocycles. The Labute approximate surface area is 166 Å². The van der Waals surface area contributed by atoms with Crippen molar-refractivity contribution in [1.82, 2.24) is 9.88 Å². The van der Waals surface area contributed by atoms with E-state index < -0.39 is 0 Å². The molecule has 4 nitrogen and oxygen atoms in total. The summed E-state index contributed by atoms with van der Waals surface area (Å²) in [5.41, 5.74) is 10.9. The van der Waals surface area contributed by atoms with Gasteiger partial charge < -0.3 is 20.5 Å². The molecular formula is C22H26N4S. The van der Waals surface area contributed by atoms with E-state index in [-0.39, 0.29) is 0 Å². The Morgan fingerprint density at radius 1 is 1.19 bits per heavy atom. The molecular weight excluding hydrogens is 352 g/mol. The van der Waals surface area contributed by atoms with Crippen molar-refractivity contribution in [2.75, 3.05) is 25.0 Å². The van der Waals surface area contributed by atoms with Crippen LogP contribution in [-0.4, -0.2) is 35.1 Å². The van der Waals surface area contributed by atoms with Crippen molar-refractivity contribution in [3.63, 3.8) is 0 Å². The maximum absolute atomic E-state index is 6.08.